The molecule has 0 saturated carbocycles. The van der Waals surface area contributed by atoms with Crippen LogP contribution in [0, 0.1) is 0 Å². The minimum atomic E-state index is -0.743. The number of hydrogen-bond donors (Lipinski definition) is 1. The van der Waals surface area contributed by atoms with Gasteiger partial charge in [0.15, 0.2) is 12.7 Å². The molecule has 0 saturated heterocycles. The summed E-state index contributed by atoms with van der Waals surface area (Å²) in [6.07, 6.45) is -0.296. The summed E-state index contributed by atoms with van der Waals surface area (Å²) in [5.74, 6) is -0.381. The molecule has 0 aliphatic carbocycles. The van der Waals surface area contributed by atoms with Crippen LogP contribution in [-0.2, 0) is 14.3 Å². The topological polar surface area (TPSA) is 64.6 Å². The quantitative estimate of drug-likeness (QED) is 0.729. The normalized spacial score (nSPS) is 11.4. The first-order valence-corrected chi connectivity index (χ1v) is 8.31. The molecule has 2 rings (SSSR count). The summed E-state index contributed by atoms with van der Waals surface area (Å²) in [6, 6.07) is 16.1. The third-order valence-corrected chi connectivity index (χ3v) is 3.66. The number of nitrogens with one attached hydrogen (secondary N) is 1. The Bertz CT molecular complexity index is 673. The van der Waals surface area contributed by atoms with Crippen LogP contribution in [0.1, 0.15) is 13.3 Å². The monoisotopic (exact) mass is 391 g/mol. The van der Waals surface area contributed by atoms with E-state index in [2.05, 4.69) is 21.2 Å². The van der Waals surface area contributed by atoms with Crippen LogP contribution in [0.2, 0.25) is 0 Å². The lowest BCUT2D eigenvalue weighted by Crippen LogP contribution is -2.31. The number of esters is 1. The minimum Gasteiger partial charge on any atom is -0.479 e. The summed E-state index contributed by atoms with van der Waals surface area (Å²) < 4.78 is 11.5. The fourth-order valence-corrected chi connectivity index (χ4v) is 2.19. The molecule has 0 fully saturated rings. The summed E-state index contributed by atoms with van der Waals surface area (Å²) in [5.41, 5.74) is 0.631. The molecule has 0 radical (unpaired) electrons. The fraction of sp³-hybridized carbons (Fsp3) is 0.222. The maximum atomic E-state index is 12.0. The number of amides is 1. The number of ether oxygens (including phenoxy) is 2. The predicted molar refractivity (Wildman–Crippen MR) is 94.9 cm³/mol. The van der Waals surface area contributed by atoms with E-state index in [1.165, 1.54) is 0 Å². The van der Waals surface area contributed by atoms with Crippen LogP contribution in [0.4, 0.5) is 5.69 Å². The van der Waals surface area contributed by atoms with Crippen LogP contribution in [0.15, 0.2) is 59.1 Å². The number of rotatable bonds is 7. The number of halogens is 1. The van der Waals surface area contributed by atoms with Gasteiger partial charge in [0.2, 0.25) is 0 Å². The summed E-state index contributed by atoms with van der Waals surface area (Å²) in [5, 5.41) is 2.65. The van der Waals surface area contributed by atoms with Crippen molar-refractivity contribution >= 4 is 33.5 Å². The van der Waals surface area contributed by atoms with Gasteiger partial charge in [-0.1, -0.05) is 41.1 Å². The standard InChI is InChI=1S/C18H18BrNO4/c1-2-16(24-15-6-4-3-5-7-15)18(22)23-12-17(21)20-14-10-8-13(19)9-11-14/h3-11,16H,2,12H2,1H3,(H,20,21)/t16-/m1/s1. The molecule has 1 amide bonds. The van der Waals surface area contributed by atoms with E-state index in [0.717, 1.165) is 4.47 Å². The third-order valence-electron chi connectivity index (χ3n) is 3.13. The van der Waals surface area contributed by atoms with Crippen molar-refractivity contribution in [2.45, 2.75) is 19.4 Å². The van der Waals surface area contributed by atoms with E-state index >= 15 is 0 Å². The van der Waals surface area contributed by atoms with Crippen LogP contribution < -0.4 is 10.1 Å². The molecule has 0 heterocycles. The van der Waals surface area contributed by atoms with Gasteiger partial charge in [0.25, 0.3) is 5.91 Å². The lowest BCUT2D eigenvalue weighted by Gasteiger charge is -2.16. The van der Waals surface area contributed by atoms with E-state index in [1.807, 2.05) is 37.3 Å². The number of carbonyl (C=O) groups is 2. The second-order valence-corrected chi connectivity index (χ2v) is 5.91. The van der Waals surface area contributed by atoms with Gasteiger partial charge in [0.05, 0.1) is 0 Å². The van der Waals surface area contributed by atoms with E-state index in [1.54, 1.807) is 24.3 Å². The molecule has 0 spiro atoms. The Morgan fingerprint density at radius 3 is 2.38 bits per heavy atom. The molecule has 0 aliphatic heterocycles. The lowest BCUT2D eigenvalue weighted by molar-refractivity contribution is -0.154. The lowest BCUT2D eigenvalue weighted by atomic mass is 10.2. The minimum absolute atomic E-state index is 0.358. The highest BCUT2D eigenvalue weighted by atomic mass is 79.9. The second kappa shape index (κ2) is 9.08. The highest BCUT2D eigenvalue weighted by Crippen LogP contribution is 2.15. The van der Waals surface area contributed by atoms with Crippen molar-refractivity contribution in [1.82, 2.24) is 0 Å². The predicted octanol–water partition coefficient (Wildman–Crippen LogP) is 3.79. The smallest absolute Gasteiger partial charge is 0.347 e. The zero-order valence-electron chi connectivity index (χ0n) is 13.2. The SMILES string of the molecule is CC[C@@H](Oc1ccccc1)C(=O)OCC(=O)Nc1ccc(Br)cc1. The summed E-state index contributed by atoms with van der Waals surface area (Å²) in [4.78, 5) is 23.9. The molecule has 0 aliphatic rings. The van der Waals surface area contributed by atoms with Crippen LogP contribution in [0.3, 0.4) is 0 Å². The van der Waals surface area contributed by atoms with Gasteiger partial charge < -0.3 is 14.8 Å². The Morgan fingerprint density at radius 2 is 1.75 bits per heavy atom. The molecule has 5 nitrogen and oxygen atoms in total. The molecule has 0 aromatic heterocycles. The first kappa shape index (κ1) is 18.0. The average Bonchev–Trinajstić information content (AvgIpc) is 2.60. The molecular formula is C18H18BrNO4. The maximum absolute atomic E-state index is 12.0. The van der Waals surface area contributed by atoms with Gasteiger partial charge in [-0.3, -0.25) is 4.79 Å². The van der Waals surface area contributed by atoms with Crippen molar-refractivity contribution < 1.29 is 19.1 Å². The maximum Gasteiger partial charge on any atom is 0.347 e. The molecule has 0 bridgehead atoms. The summed E-state index contributed by atoms with van der Waals surface area (Å²) >= 11 is 3.32. The zero-order valence-corrected chi connectivity index (χ0v) is 14.8. The number of anilines is 1. The van der Waals surface area contributed by atoms with Crippen molar-refractivity contribution in [3.05, 3.63) is 59.1 Å². The highest BCUT2D eigenvalue weighted by molar-refractivity contribution is 9.10. The number of benzene rings is 2. The van der Waals surface area contributed by atoms with Gasteiger partial charge in [-0.15, -0.1) is 0 Å². The largest absolute Gasteiger partial charge is 0.479 e. The Labute approximate surface area is 149 Å². The number of para-hydroxylation sites is 1. The van der Waals surface area contributed by atoms with Crippen LogP contribution in [0.5, 0.6) is 5.75 Å². The van der Waals surface area contributed by atoms with Gasteiger partial charge in [-0.25, -0.2) is 4.79 Å². The van der Waals surface area contributed by atoms with Gasteiger partial charge in [-0.05, 0) is 42.8 Å². The van der Waals surface area contributed by atoms with Gasteiger partial charge in [0, 0.05) is 10.2 Å². The van der Waals surface area contributed by atoms with Crippen molar-refractivity contribution in [1.29, 1.82) is 0 Å². The molecule has 1 N–H and O–H groups in total. The molecule has 6 heteroatoms. The van der Waals surface area contributed by atoms with Crippen molar-refractivity contribution in [3.63, 3.8) is 0 Å². The Kier molecular flexibility index (Phi) is 6.81. The summed E-state index contributed by atoms with van der Waals surface area (Å²) in [7, 11) is 0. The van der Waals surface area contributed by atoms with E-state index in [0.29, 0.717) is 17.9 Å². The molecule has 24 heavy (non-hydrogen) atoms. The van der Waals surface area contributed by atoms with E-state index in [-0.39, 0.29) is 6.61 Å². The van der Waals surface area contributed by atoms with Crippen molar-refractivity contribution in [2.24, 2.45) is 0 Å². The van der Waals surface area contributed by atoms with Gasteiger partial charge in [-0.2, -0.15) is 0 Å². The Balaban J connectivity index is 1.82. The Morgan fingerprint density at radius 1 is 1.08 bits per heavy atom. The van der Waals surface area contributed by atoms with Crippen LogP contribution in [-0.4, -0.2) is 24.6 Å². The first-order chi connectivity index (χ1) is 11.6. The van der Waals surface area contributed by atoms with E-state index < -0.39 is 18.0 Å². The molecule has 1 atom stereocenters. The van der Waals surface area contributed by atoms with Crippen LogP contribution >= 0.6 is 15.9 Å². The molecule has 2 aromatic carbocycles. The van der Waals surface area contributed by atoms with Gasteiger partial charge >= 0.3 is 5.97 Å². The van der Waals surface area contributed by atoms with Crippen LogP contribution in [0.25, 0.3) is 0 Å². The fourth-order valence-electron chi connectivity index (χ4n) is 1.92. The summed E-state index contributed by atoms with van der Waals surface area (Å²) in [6.45, 7) is 1.46. The van der Waals surface area contributed by atoms with E-state index in [4.69, 9.17) is 9.47 Å². The number of hydrogen-bond acceptors (Lipinski definition) is 4. The zero-order chi connectivity index (χ0) is 17.4. The highest BCUT2D eigenvalue weighted by Gasteiger charge is 2.21. The Hall–Kier alpha value is -2.34. The number of carbonyl (C=O) groups excluding carboxylic acids is 2. The molecule has 2 aromatic rings. The molecular weight excluding hydrogens is 374 g/mol. The van der Waals surface area contributed by atoms with E-state index in [9.17, 15) is 9.59 Å². The van der Waals surface area contributed by atoms with Gasteiger partial charge in [0.1, 0.15) is 5.75 Å². The average molecular weight is 392 g/mol. The van der Waals surface area contributed by atoms with Crippen molar-refractivity contribution in [3.8, 4) is 5.75 Å². The van der Waals surface area contributed by atoms with Crippen molar-refractivity contribution in [2.75, 3.05) is 11.9 Å². The first-order valence-electron chi connectivity index (χ1n) is 7.52. The molecule has 126 valence electrons. The third kappa shape index (κ3) is 5.70. The molecule has 0 unspecified atom stereocenters. The second-order valence-electron chi connectivity index (χ2n) is 4.99.